The monoisotopic (exact) mass is 531 g/mol. The predicted octanol–water partition coefficient (Wildman–Crippen LogP) is 4.95. The van der Waals surface area contributed by atoms with Crippen LogP contribution < -0.4 is 5.32 Å². The summed E-state index contributed by atoms with van der Waals surface area (Å²) >= 11 is 12.7. The van der Waals surface area contributed by atoms with Crippen LogP contribution >= 0.6 is 23.2 Å². The maximum Gasteiger partial charge on any atom is 0.261 e. The Bertz CT molecular complexity index is 1100. The third-order valence-corrected chi connectivity index (χ3v) is 6.82. The van der Waals surface area contributed by atoms with Gasteiger partial charge in [0.15, 0.2) is 0 Å². The van der Waals surface area contributed by atoms with E-state index >= 15 is 0 Å². The molecule has 2 aromatic rings. The number of halogens is 2. The van der Waals surface area contributed by atoms with E-state index in [0.29, 0.717) is 39.7 Å². The maximum atomic E-state index is 13.4. The molecule has 9 heteroatoms. The first-order valence-corrected chi connectivity index (χ1v) is 12.9. The number of benzene rings is 2. The van der Waals surface area contributed by atoms with Crippen LogP contribution in [0.25, 0.3) is 0 Å². The first kappa shape index (κ1) is 27.7. The number of fused-ring (bicyclic) bond motifs is 1. The summed E-state index contributed by atoms with van der Waals surface area (Å²) in [7, 11) is 0. The van der Waals surface area contributed by atoms with Crippen molar-refractivity contribution in [3.63, 3.8) is 0 Å². The smallest absolute Gasteiger partial charge is 0.261 e. The lowest BCUT2D eigenvalue weighted by molar-refractivity contribution is -0.141. The third kappa shape index (κ3) is 6.26. The van der Waals surface area contributed by atoms with Crippen LogP contribution in [-0.4, -0.2) is 52.6 Å². The Kier molecular flexibility index (Phi) is 9.51. The van der Waals surface area contributed by atoms with Crippen LogP contribution in [0.1, 0.15) is 66.3 Å². The van der Waals surface area contributed by atoms with Crippen LogP contribution in [0.2, 0.25) is 10.0 Å². The number of hydrogen-bond donors (Lipinski definition) is 1. The van der Waals surface area contributed by atoms with Gasteiger partial charge < -0.3 is 10.2 Å². The number of carbonyl (C=O) groups excluding carboxylic acids is 4. The van der Waals surface area contributed by atoms with Crippen molar-refractivity contribution in [2.24, 2.45) is 5.92 Å². The summed E-state index contributed by atoms with van der Waals surface area (Å²) in [5, 5.41) is 3.72. The van der Waals surface area contributed by atoms with Gasteiger partial charge in [0, 0.05) is 41.7 Å². The molecule has 0 fully saturated rings. The Balaban J connectivity index is 1.75. The zero-order chi connectivity index (χ0) is 26.4. The standard InChI is InChI=1S/C27H31Cl2N3O4/c1-4-23(25(34)30-15-17(2)3)32(16-20-21(28)11-7-12-22(20)29)24(33)13-8-14-31-26(35)18-9-5-6-10-19(18)27(31)36/h5-7,9-12,17,23H,4,8,13-16H2,1-3H3,(H,30,34)/t23-/m0/s1. The average Bonchev–Trinajstić information content (AvgIpc) is 3.09. The van der Waals surface area contributed by atoms with Crippen LogP contribution in [0.5, 0.6) is 0 Å². The minimum Gasteiger partial charge on any atom is -0.354 e. The Hall–Kier alpha value is -2.90. The largest absolute Gasteiger partial charge is 0.354 e. The van der Waals surface area contributed by atoms with Gasteiger partial charge in [-0.3, -0.25) is 24.1 Å². The SMILES string of the molecule is CC[C@@H](C(=O)NCC(C)C)N(Cc1c(Cl)cccc1Cl)C(=O)CCCN1C(=O)c2ccccc2C1=O. The van der Waals surface area contributed by atoms with E-state index in [9.17, 15) is 19.2 Å². The number of carbonyl (C=O) groups is 4. The van der Waals surface area contributed by atoms with E-state index in [1.165, 1.54) is 9.80 Å². The first-order chi connectivity index (χ1) is 17.1. The molecule has 0 spiro atoms. The van der Waals surface area contributed by atoms with Crippen LogP contribution in [0.3, 0.4) is 0 Å². The van der Waals surface area contributed by atoms with E-state index in [4.69, 9.17) is 23.2 Å². The summed E-state index contributed by atoms with van der Waals surface area (Å²) in [5.74, 6) is -0.991. The molecule has 0 aromatic heterocycles. The molecule has 1 N–H and O–H groups in total. The highest BCUT2D eigenvalue weighted by Crippen LogP contribution is 2.28. The van der Waals surface area contributed by atoms with Crippen molar-refractivity contribution in [2.45, 2.75) is 52.6 Å². The number of rotatable bonds is 11. The highest BCUT2D eigenvalue weighted by molar-refractivity contribution is 6.36. The van der Waals surface area contributed by atoms with Gasteiger partial charge >= 0.3 is 0 Å². The lowest BCUT2D eigenvalue weighted by atomic mass is 10.1. The van der Waals surface area contributed by atoms with Crippen molar-refractivity contribution >= 4 is 46.8 Å². The molecule has 0 aliphatic carbocycles. The molecule has 7 nitrogen and oxygen atoms in total. The summed E-state index contributed by atoms with van der Waals surface area (Å²) in [5.41, 5.74) is 1.30. The summed E-state index contributed by atoms with van der Waals surface area (Å²) in [6.45, 7) is 6.49. The second-order valence-electron chi connectivity index (χ2n) is 9.20. The topological polar surface area (TPSA) is 86.8 Å². The molecular weight excluding hydrogens is 501 g/mol. The normalized spacial score (nSPS) is 13.7. The molecule has 1 aliphatic rings. The van der Waals surface area contributed by atoms with E-state index < -0.39 is 6.04 Å². The fourth-order valence-corrected chi connectivity index (χ4v) is 4.69. The molecule has 0 bridgehead atoms. The van der Waals surface area contributed by atoms with Crippen LogP contribution in [0, 0.1) is 5.92 Å². The van der Waals surface area contributed by atoms with E-state index in [1.54, 1.807) is 42.5 Å². The molecule has 0 unspecified atom stereocenters. The predicted molar refractivity (Wildman–Crippen MR) is 140 cm³/mol. The summed E-state index contributed by atoms with van der Waals surface area (Å²) in [6, 6.07) is 11.0. The summed E-state index contributed by atoms with van der Waals surface area (Å²) in [4.78, 5) is 54.4. The number of nitrogens with zero attached hydrogens (tertiary/aromatic N) is 2. The minimum atomic E-state index is -0.720. The van der Waals surface area contributed by atoms with Gasteiger partial charge in [0.05, 0.1) is 11.1 Å². The quantitative estimate of drug-likeness (QED) is 0.415. The van der Waals surface area contributed by atoms with Crippen LogP contribution in [0.4, 0.5) is 0 Å². The molecule has 0 saturated heterocycles. The van der Waals surface area contributed by atoms with Crippen molar-refractivity contribution in [2.75, 3.05) is 13.1 Å². The lowest BCUT2D eigenvalue weighted by Gasteiger charge is -2.31. The molecule has 192 valence electrons. The Labute approximate surface area is 221 Å². The highest BCUT2D eigenvalue weighted by Gasteiger charge is 2.35. The molecular formula is C27H31Cl2N3O4. The highest BCUT2D eigenvalue weighted by atomic mass is 35.5. The molecule has 1 heterocycles. The molecule has 0 saturated carbocycles. The van der Waals surface area contributed by atoms with Gasteiger partial charge in [-0.25, -0.2) is 0 Å². The number of nitrogens with one attached hydrogen (secondary N) is 1. The van der Waals surface area contributed by atoms with Crippen molar-refractivity contribution in [1.82, 2.24) is 15.1 Å². The second kappa shape index (κ2) is 12.4. The number of hydrogen-bond acceptors (Lipinski definition) is 4. The summed E-state index contributed by atoms with van der Waals surface area (Å²) < 4.78 is 0. The van der Waals surface area contributed by atoms with E-state index in [0.717, 1.165) is 0 Å². The molecule has 3 rings (SSSR count). The average molecular weight is 532 g/mol. The first-order valence-electron chi connectivity index (χ1n) is 12.1. The minimum absolute atomic E-state index is 0.0451. The van der Waals surface area contributed by atoms with Gasteiger partial charge in [0.25, 0.3) is 11.8 Å². The molecule has 1 atom stereocenters. The van der Waals surface area contributed by atoms with Crippen molar-refractivity contribution in [3.05, 3.63) is 69.2 Å². The molecule has 36 heavy (non-hydrogen) atoms. The van der Waals surface area contributed by atoms with E-state index in [1.807, 2.05) is 20.8 Å². The van der Waals surface area contributed by atoms with Crippen molar-refractivity contribution in [3.8, 4) is 0 Å². The van der Waals surface area contributed by atoms with Crippen LogP contribution in [-0.2, 0) is 16.1 Å². The second-order valence-corrected chi connectivity index (χ2v) is 10.0. The maximum absolute atomic E-state index is 13.4. The third-order valence-electron chi connectivity index (χ3n) is 6.11. The fraction of sp³-hybridized carbons (Fsp3) is 0.407. The zero-order valence-corrected chi connectivity index (χ0v) is 22.2. The number of imide groups is 1. The molecule has 1 aliphatic heterocycles. The Morgan fingerprint density at radius 1 is 0.972 bits per heavy atom. The van der Waals surface area contributed by atoms with Gasteiger partial charge in [-0.05, 0) is 43.0 Å². The summed E-state index contributed by atoms with van der Waals surface area (Å²) in [6.07, 6.45) is 0.709. The lowest BCUT2D eigenvalue weighted by Crippen LogP contribution is -2.49. The van der Waals surface area contributed by atoms with Gasteiger partial charge in [-0.1, -0.05) is 62.2 Å². The Morgan fingerprint density at radius 3 is 2.08 bits per heavy atom. The van der Waals surface area contributed by atoms with E-state index in [-0.39, 0.29) is 55.5 Å². The van der Waals surface area contributed by atoms with Gasteiger partial charge in [-0.2, -0.15) is 0 Å². The van der Waals surface area contributed by atoms with Crippen molar-refractivity contribution < 1.29 is 19.2 Å². The van der Waals surface area contributed by atoms with E-state index in [2.05, 4.69) is 5.32 Å². The molecule has 0 radical (unpaired) electrons. The number of amides is 4. The zero-order valence-electron chi connectivity index (χ0n) is 20.7. The van der Waals surface area contributed by atoms with Crippen LogP contribution in [0.15, 0.2) is 42.5 Å². The molecule has 4 amide bonds. The van der Waals surface area contributed by atoms with Gasteiger partial charge in [-0.15, -0.1) is 0 Å². The van der Waals surface area contributed by atoms with Gasteiger partial charge in [0.1, 0.15) is 6.04 Å². The molecule has 2 aromatic carbocycles. The Morgan fingerprint density at radius 2 is 1.56 bits per heavy atom. The fourth-order valence-electron chi connectivity index (χ4n) is 4.17. The van der Waals surface area contributed by atoms with Gasteiger partial charge in [0.2, 0.25) is 11.8 Å². The van der Waals surface area contributed by atoms with Crippen molar-refractivity contribution in [1.29, 1.82) is 0 Å².